The third-order valence-corrected chi connectivity index (χ3v) is 22.2. The molecule has 101 heavy (non-hydrogen) atoms. The summed E-state index contributed by atoms with van der Waals surface area (Å²) in [7, 11) is 0. The topological polar surface area (TPSA) is 8.17 Å². The number of fused-ring (bicyclic) bond motifs is 6. The van der Waals surface area contributed by atoms with E-state index in [1.165, 1.54) is 252 Å². The number of rotatable bonds is 32. The monoisotopic (exact) mass is 1320 g/mol. The standard InChI is InChI=1S/C99H102N2/c1-5-7-9-11-13-15-17-19-21-28-66-99(67-29-22-20-18-16-14-12-10-8-6-2)95-68-74(4)42-63-91(95)92-64-55-85(71-96(92)99)80-47-45-77(46-48-80)79-51-59-88(60-52-79)100(87-57-49-78(50-58-87)76-43-40-73(3)41-44-76)89-61-53-81(54-62-89)86-56-65-94-93-38-26-27-39-97(93)101(98(94)72-86)90-37-31-36-84(70-90)83-35-30-34-82(69-83)75-32-24-23-25-33-75/h23-27,30-65,68-72H,5-22,28-29,66-67H2,1-4H3. The lowest BCUT2D eigenvalue weighted by Gasteiger charge is -2.33. The van der Waals surface area contributed by atoms with Gasteiger partial charge in [0.2, 0.25) is 0 Å². The molecule has 0 fully saturated rings. The van der Waals surface area contributed by atoms with Gasteiger partial charge in [-0.25, -0.2) is 0 Å². The molecule has 2 nitrogen and oxygen atoms in total. The van der Waals surface area contributed by atoms with Crippen molar-refractivity contribution in [3.8, 4) is 83.6 Å². The van der Waals surface area contributed by atoms with Crippen LogP contribution in [0.5, 0.6) is 0 Å². The molecule has 0 atom stereocenters. The van der Waals surface area contributed by atoms with E-state index in [1.54, 1.807) is 11.1 Å². The van der Waals surface area contributed by atoms with Crippen LogP contribution in [0, 0.1) is 13.8 Å². The summed E-state index contributed by atoms with van der Waals surface area (Å²) in [5, 5.41) is 2.48. The van der Waals surface area contributed by atoms with E-state index < -0.39 is 0 Å². The maximum atomic E-state index is 2.63. The number of para-hydroxylation sites is 1. The SMILES string of the molecule is CCCCCCCCCCCCC1(CCCCCCCCCCCC)c2cc(C)ccc2-c2ccc(-c3ccc(-c4ccc(N(c5ccc(-c6ccc(C)cc6)cc5)c5ccc(-c6ccc7c8ccccc8n(-c8cccc(-c9cccc(-c%10ccccc%10)c9)c8)c7c6)cc5)cc4)cc3)cc21. The van der Waals surface area contributed by atoms with Gasteiger partial charge in [-0.15, -0.1) is 0 Å². The normalized spacial score (nSPS) is 12.3. The number of nitrogens with zero attached hydrogens (tertiary/aromatic N) is 2. The summed E-state index contributed by atoms with van der Waals surface area (Å²) in [5.74, 6) is 0. The molecule has 1 heterocycles. The molecule has 0 N–H and O–H groups in total. The van der Waals surface area contributed by atoms with E-state index in [0.29, 0.717) is 0 Å². The number of aromatic nitrogens is 1. The van der Waals surface area contributed by atoms with Gasteiger partial charge in [-0.05, 0) is 189 Å². The fourth-order valence-corrected chi connectivity index (χ4v) is 16.5. The van der Waals surface area contributed by atoms with Crippen molar-refractivity contribution in [1.82, 2.24) is 4.57 Å². The molecule has 12 aromatic carbocycles. The molecule has 1 aliphatic rings. The minimum atomic E-state index is 0.0407. The number of aryl methyl sites for hydroxylation is 2. The fourth-order valence-electron chi connectivity index (χ4n) is 16.5. The van der Waals surface area contributed by atoms with E-state index in [-0.39, 0.29) is 5.41 Å². The Hall–Kier alpha value is -9.76. The van der Waals surface area contributed by atoms with Crippen LogP contribution in [0.1, 0.15) is 177 Å². The zero-order chi connectivity index (χ0) is 68.7. The molecule has 14 rings (SSSR count). The van der Waals surface area contributed by atoms with Crippen LogP contribution in [0.15, 0.2) is 279 Å². The van der Waals surface area contributed by atoms with Gasteiger partial charge >= 0.3 is 0 Å². The third-order valence-electron chi connectivity index (χ3n) is 22.2. The second kappa shape index (κ2) is 32.7. The first-order valence-corrected chi connectivity index (χ1v) is 38.7. The van der Waals surface area contributed by atoms with Crippen molar-refractivity contribution in [3.63, 3.8) is 0 Å². The Morgan fingerprint density at radius 1 is 0.257 bits per heavy atom. The lowest BCUT2D eigenvalue weighted by Crippen LogP contribution is -2.25. The highest BCUT2D eigenvalue weighted by Gasteiger charge is 2.42. The van der Waals surface area contributed by atoms with Crippen molar-refractivity contribution >= 4 is 38.9 Å². The summed E-state index contributed by atoms with van der Waals surface area (Å²) < 4.78 is 2.45. The Balaban J connectivity index is 0.733. The Kier molecular flexibility index (Phi) is 22.1. The highest BCUT2D eigenvalue weighted by atomic mass is 15.1. The Morgan fingerprint density at radius 3 is 1.16 bits per heavy atom. The predicted octanol–water partition coefficient (Wildman–Crippen LogP) is 29.8. The molecule has 0 unspecified atom stereocenters. The fraction of sp³-hybridized carbons (Fsp3) is 0.273. The van der Waals surface area contributed by atoms with Crippen LogP contribution >= 0.6 is 0 Å². The number of unbranched alkanes of at least 4 members (excludes halogenated alkanes) is 18. The molecule has 0 radical (unpaired) electrons. The Bertz CT molecular complexity index is 4810. The molecule has 0 saturated carbocycles. The van der Waals surface area contributed by atoms with Gasteiger partial charge in [-0.3, -0.25) is 0 Å². The number of hydrogen-bond donors (Lipinski definition) is 0. The first-order valence-electron chi connectivity index (χ1n) is 38.7. The molecule has 2 heteroatoms. The molecule has 0 amide bonds. The molecule has 1 aliphatic carbocycles. The zero-order valence-electron chi connectivity index (χ0n) is 60.5. The molecule has 13 aromatic rings. The molecule has 0 aliphatic heterocycles. The van der Waals surface area contributed by atoms with Crippen molar-refractivity contribution in [2.24, 2.45) is 0 Å². The second-order valence-electron chi connectivity index (χ2n) is 29.3. The van der Waals surface area contributed by atoms with Crippen LogP contribution in [0.2, 0.25) is 0 Å². The lowest BCUT2D eigenvalue weighted by atomic mass is 9.70. The van der Waals surface area contributed by atoms with E-state index in [4.69, 9.17) is 0 Å². The molecule has 0 saturated heterocycles. The molecular formula is C99H102N2. The van der Waals surface area contributed by atoms with Gasteiger partial charge in [0.25, 0.3) is 0 Å². The number of benzene rings is 12. The van der Waals surface area contributed by atoms with Crippen LogP contribution in [-0.2, 0) is 5.41 Å². The van der Waals surface area contributed by atoms with Gasteiger partial charge in [-0.1, -0.05) is 360 Å². The van der Waals surface area contributed by atoms with Gasteiger partial charge in [0.1, 0.15) is 0 Å². The van der Waals surface area contributed by atoms with Crippen LogP contribution < -0.4 is 4.90 Å². The molecule has 1 aromatic heterocycles. The highest BCUT2D eigenvalue weighted by Crippen LogP contribution is 2.56. The van der Waals surface area contributed by atoms with E-state index in [1.807, 2.05) is 0 Å². The number of hydrogen-bond acceptors (Lipinski definition) is 1. The summed E-state index contributed by atoms with van der Waals surface area (Å²) in [5.41, 5.74) is 30.2. The summed E-state index contributed by atoms with van der Waals surface area (Å²) in [6, 6.07) is 105. The molecule has 508 valence electrons. The molecule has 0 bridgehead atoms. The van der Waals surface area contributed by atoms with Crippen molar-refractivity contribution in [2.75, 3.05) is 4.90 Å². The Labute approximate surface area is 603 Å². The van der Waals surface area contributed by atoms with Crippen molar-refractivity contribution in [2.45, 2.75) is 174 Å². The maximum absolute atomic E-state index is 2.63. The maximum Gasteiger partial charge on any atom is 0.0547 e. The second-order valence-corrected chi connectivity index (χ2v) is 29.3. The van der Waals surface area contributed by atoms with E-state index >= 15 is 0 Å². The van der Waals surface area contributed by atoms with Crippen molar-refractivity contribution < 1.29 is 0 Å². The molecule has 0 spiro atoms. The van der Waals surface area contributed by atoms with Gasteiger partial charge in [0.05, 0.1) is 11.0 Å². The van der Waals surface area contributed by atoms with Crippen LogP contribution in [-0.4, -0.2) is 4.57 Å². The van der Waals surface area contributed by atoms with E-state index in [2.05, 4.69) is 316 Å². The van der Waals surface area contributed by atoms with E-state index in [9.17, 15) is 0 Å². The van der Waals surface area contributed by atoms with Crippen LogP contribution in [0.3, 0.4) is 0 Å². The first kappa shape index (κ1) is 68.4. The summed E-state index contributed by atoms with van der Waals surface area (Å²) >= 11 is 0. The summed E-state index contributed by atoms with van der Waals surface area (Å²) in [6.07, 6.45) is 29.8. The summed E-state index contributed by atoms with van der Waals surface area (Å²) in [6.45, 7) is 9.10. The highest BCUT2D eigenvalue weighted by molar-refractivity contribution is 6.10. The van der Waals surface area contributed by atoms with Gasteiger partial charge in [0.15, 0.2) is 0 Å². The van der Waals surface area contributed by atoms with E-state index in [0.717, 1.165) is 22.7 Å². The van der Waals surface area contributed by atoms with Crippen LogP contribution in [0.25, 0.3) is 105 Å². The largest absolute Gasteiger partial charge is 0.311 e. The molecular weight excluding hydrogens is 1220 g/mol. The van der Waals surface area contributed by atoms with Crippen molar-refractivity contribution in [3.05, 3.63) is 301 Å². The zero-order valence-corrected chi connectivity index (χ0v) is 60.5. The van der Waals surface area contributed by atoms with Gasteiger partial charge in [-0.2, -0.15) is 0 Å². The average Bonchev–Trinajstić information content (AvgIpc) is 1.57. The Morgan fingerprint density at radius 2 is 0.614 bits per heavy atom. The minimum absolute atomic E-state index is 0.0407. The number of anilines is 3. The smallest absolute Gasteiger partial charge is 0.0547 e. The average molecular weight is 1320 g/mol. The van der Waals surface area contributed by atoms with Gasteiger partial charge < -0.3 is 9.47 Å². The quantitative estimate of drug-likeness (QED) is 0.0382. The summed E-state index contributed by atoms with van der Waals surface area (Å²) in [4.78, 5) is 2.40. The van der Waals surface area contributed by atoms with Crippen LogP contribution in [0.4, 0.5) is 17.1 Å². The third kappa shape index (κ3) is 15.6. The van der Waals surface area contributed by atoms with Gasteiger partial charge in [0, 0.05) is 38.9 Å². The predicted molar refractivity (Wildman–Crippen MR) is 437 cm³/mol. The minimum Gasteiger partial charge on any atom is -0.311 e. The first-order chi connectivity index (χ1) is 49.8. The lowest BCUT2D eigenvalue weighted by molar-refractivity contribution is 0.397. The van der Waals surface area contributed by atoms with Crippen molar-refractivity contribution in [1.29, 1.82) is 0 Å².